The van der Waals surface area contributed by atoms with Crippen LogP contribution in [0.4, 0.5) is 14.9 Å². The van der Waals surface area contributed by atoms with Crippen LogP contribution >= 0.6 is 0 Å². The van der Waals surface area contributed by atoms with Gasteiger partial charge in [-0.15, -0.1) is 0 Å². The summed E-state index contributed by atoms with van der Waals surface area (Å²) >= 11 is 0. The molecule has 0 bridgehead atoms. The van der Waals surface area contributed by atoms with Gasteiger partial charge in [-0.25, -0.2) is 22.3 Å². The number of carbonyl (C=O) groups is 1. The first-order valence-electron chi connectivity index (χ1n) is 9.38. The molecule has 8 nitrogen and oxygen atoms in total. The number of likely N-dealkylation sites (tertiary alicyclic amines) is 1. The Hall–Kier alpha value is -2.85. The lowest BCUT2D eigenvalue weighted by atomic mass is 10.1. The molecule has 2 amide bonds. The van der Waals surface area contributed by atoms with E-state index in [1.54, 1.807) is 23.1 Å². The number of hydrogen-bond donors (Lipinski definition) is 2. The minimum absolute atomic E-state index is 0.00851. The normalized spacial score (nSPS) is 15.0. The van der Waals surface area contributed by atoms with Crippen LogP contribution in [-0.2, 0) is 10.0 Å². The molecule has 10 heteroatoms. The third kappa shape index (κ3) is 5.19. The molecule has 0 radical (unpaired) electrons. The molecule has 2 aromatic rings. The molecule has 2 N–H and O–H groups in total. The Bertz CT molecular complexity index is 990. The van der Waals surface area contributed by atoms with Gasteiger partial charge in [-0.2, -0.15) is 0 Å². The van der Waals surface area contributed by atoms with Crippen LogP contribution in [-0.4, -0.2) is 52.7 Å². The van der Waals surface area contributed by atoms with Crippen LogP contribution in [0.25, 0.3) is 0 Å². The second-order valence-electron chi connectivity index (χ2n) is 6.83. The highest BCUT2D eigenvalue weighted by molar-refractivity contribution is 7.89. The van der Waals surface area contributed by atoms with Crippen molar-refractivity contribution in [1.29, 1.82) is 0 Å². The van der Waals surface area contributed by atoms with Gasteiger partial charge in [0, 0.05) is 25.2 Å². The molecule has 0 spiro atoms. The standard InChI is InChI=1S/C20H24FN3O5S/c1-28-16-5-8-19(29-2)18(13-16)22-20(25)24-11-9-15(10-12-24)23-30(26,27)17-6-3-14(21)4-7-17/h3-8,13,15,23H,9-12H2,1-2H3,(H,22,25). The highest BCUT2D eigenvalue weighted by Crippen LogP contribution is 2.29. The first-order chi connectivity index (χ1) is 14.3. The van der Waals surface area contributed by atoms with Gasteiger partial charge in [-0.1, -0.05) is 0 Å². The summed E-state index contributed by atoms with van der Waals surface area (Å²) in [6.07, 6.45) is 0.923. The Morgan fingerprint density at radius 1 is 1.07 bits per heavy atom. The number of piperidine rings is 1. The number of amides is 2. The largest absolute Gasteiger partial charge is 0.497 e. The molecule has 0 aromatic heterocycles. The molecule has 1 saturated heterocycles. The Morgan fingerprint density at radius 2 is 1.73 bits per heavy atom. The van der Waals surface area contributed by atoms with Gasteiger partial charge in [0.05, 0.1) is 24.8 Å². The first kappa shape index (κ1) is 21.8. The summed E-state index contributed by atoms with van der Waals surface area (Å²) in [5.74, 6) is 0.590. The number of urea groups is 1. The smallest absolute Gasteiger partial charge is 0.321 e. The number of carbonyl (C=O) groups excluding carboxylic acids is 1. The maximum Gasteiger partial charge on any atom is 0.321 e. The topological polar surface area (TPSA) is 97.0 Å². The highest BCUT2D eigenvalue weighted by Gasteiger charge is 2.27. The third-order valence-corrected chi connectivity index (χ3v) is 6.41. The molecule has 1 aliphatic rings. The average Bonchev–Trinajstić information content (AvgIpc) is 2.74. The third-order valence-electron chi connectivity index (χ3n) is 4.88. The van der Waals surface area contributed by atoms with Gasteiger partial charge in [0.1, 0.15) is 17.3 Å². The number of anilines is 1. The number of sulfonamides is 1. The predicted octanol–water partition coefficient (Wildman–Crippen LogP) is 2.82. The zero-order valence-electron chi connectivity index (χ0n) is 16.7. The summed E-state index contributed by atoms with van der Waals surface area (Å²) in [6.45, 7) is 0.767. The van der Waals surface area contributed by atoms with E-state index in [1.807, 2.05) is 0 Å². The van der Waals surface area contributed by atoms with Crippen molar-refractivity contribution >= 4 is 21.7 Å². The van der Waals surface area contributed by atoms with E-state index in [4.69, 9.17) is 9.47 Å². The number of methoxy groups -OCH3 is 2. The van der Waals surface area contributed by atoms with Crippen molar-refractivity contribution in [2.45, 2.75) is 23.8 Å². The van der Waals surface area contributed by atoms with Gasteiger partial charge in [0.2, 0.25) is 10.0 Å². The van der Waals surface area contributed by atoms with E-state index < -0.39 is 15.8 Å². The van der Waals surface area contributed by atoms with Gasteiger partial charge in [-0.05, 0) is 49.2 Å². The van der Waals surface area contributed by atoms with E-state index in [-0.39, 0.29) is 17.0 Å². The van der Waals surface area contributed by atoms with Crippen molar-refractivity contribution in [3.8, 4) is 11.5 Å². The molecule has 0 unspecified atom stereocenters. The number of halogens is 1. The van der Waals surface area contributed by atoms with Crippen molar-refractivity contribution in [3.05, 3.63) is 48.3 Å². The Morgan fingerprint density at radius 3 is 2.33 bits per heavy atom. The molecule has 1 heterocycles. The van der Waals surface area contributed by atoms with Crippen LogP contribution in [0.5, 0.6) is 11.5 Å². The quantitative estimate of drug-likeness (QED) is 0.724. The lowest BCUT2D eigenvalue weighted by Gasteiger charge is -2.32. The lowest BCUT2D eigenvalue weighted by molar-refractivity contribution is 0.193. The molecule has 1 aliphatic heterocycles. The monoisotopic (exact) mass is 437 g/mol. The number of benzene rings is 2. The van der Waals surface area contributed by atoms with Crippen LogP contribution in [0, 0.1) is 5.82 Å². The van der Waals surface area contributed by atoms with Gasteiger partial charge in [0.25, 0.3) is 0 Å². The van der Waals surface area contributed by atoms with E-state index >= 15 is 0 Å². The summed E-state index contributed by atoms with van der Waals surface area (Å²) in [4.78, 5) is 14.2. The molecule has 162 valence electrons. The molecule has 0 atom stereocenters. The summed E-state index contributed by atoms with van der Waals surface area (Å²) in [6, 6.07) is 9.14. The maximum atomic E-state index is 13.0. The molecule has 30 heavy (non-hydrogen) atoms. The van der Waals surface area contributed by atoms with Crippen LogP contribution in [0.15, 0.2) is 47.4 Å². The van der Waals surface area contributed by atoms with E-state index in [0.29, 0.717) is 43.1 Å². The van der Waals surface area contributed by atoms with E-state index in [2.05, 4.69) is 10.0 Å². The van der Waals surface area contributed by atoms with Crippen molar-refractivity contribution in [3.63, 3.8) is 0 Å². The fourth-order valence-corrected chi connectivity index (χ4v) is 4.51. The fourth-order valence-electron chi connectivity index (χ4n) is 3.21. The van der Waals surface area contributed by atoms with Crippen molar-refractivity contribution in [1.82, 2.24) is 9.62 Å². The van der Waals surface area contributed by atoms with Gasteiger partial charge in [0.15, 0.2) is 0 Å². The summed E-state index contributed by atoms with van der Waals surface area (Å²) in [5, 5.41) is 2.81. The minimum atomic E-state index is -3.75. The Kier molecular flexibility index (Phi) is 6.78. The van der Waals surface area contributed by atoms with Gasteiger partial charge >= 0.3 is 6.03 Å². The van der Waals surface area contributed by atoms with E-state index in [9.17, 15) is 17.6 Å². The molecule has 0 aliphatic carbocycles. The molecule has 3 rings (SSSR count). The van der Waals surface area contributed by atoms with Crippen LogP contribution in [0.2, 0.25) is 0 Å². The van der Waals surface area contributed by atoms with E-state index in [0.717, 1.165) is 12.1 Å². The number of hydrogen-bond acceptors (Lipinski definition) is 5. The van der Waals surface area contributed by atoms with E-state index in [1.165, 1.54) is 26.4 Å². The second kappa shape index (κ2) is 9.31. The molecular formula is C20H24FN3O5S. The SMILES string of the molecule is COc1ccc(OC)c(NC(=O)N2CCC(NS(=O)(=O)c3ccc(F)cc3)CC2)c1. The zero-order chi connectivity index (χ0) is 21.7. The van der Waals surface area contributed by atoms with Gasteiger partial charge in [-0.3, -0.25) is 0 Å². The molecular weight excluding hydrogens is 413 g/mol. The van der Waals surface area contributed by atoms with Crippen molar-refractivity contribution in [2.24, 2.45) is 0 Å². The summed E-state index contributed by atoms with van der Waals surface area (Å²) in [5.41, 5.74) is 0.487. The summed E-state index contributed by atoms with van der Waals surface area (Å²) < 4.78 is 51.0. The van der Waals surface area contributed by atoms with Crippen LogP contribution in [0.1, 0.15) is 12.8 Å². The average molecular weight is 437 g/mol. The zero-order valence-corrected chi connectivity index (χ0v) is 17.5. The maximum absolute atomic E-state index is 13.0. The Labute approximate surface area is 175 Å². The molecule has 2 aromatic carbocycles. The fraction of sp³-hybridized carbons (Fsp3) is 0.350. The molecule has 0 saturated carbocycles. The van der Waals surface area contributed by atoms with Gasteiger partial charge < -0.3 is 19.7 Å². The van der Waals surface area contributed by atoms with Crippen molar-refractivity contribution in [2.75, 3.05) is 32.6 Å². The number of ether oxygens (including phenoxy) is 2. The van der Waals surface area contributed by atoms with Crippen LogP contribution < -0.4 is 19.5 Å². The number of nitrogens with zero attached hydrogens (tertiary/aromatic N) is 1. The minimum Gasteiger partial charge on any atom is -0.497 e. The predicted molar refractivity (Wildman–Crippen MR) is 110 cm³/mol. The lowest BCUT2D eigenvalue weighted by Crippen LogP contribution is -2.47. The highest BCUT2D eigenvalue weighted by atomic mass is 32.2. The van der Waals surface area contributed by atoms with Crippen LogP contribution in [0.3, 0.4) is 0 Å². The van der Waals surface area contributed by atoms with Crippen molar-refractivity contribution < 1.29 is 27.1 Å². The number of rotatable bonds is 6. The first-order valence-corrected chi connectivity index (χ1v) is 10.9. The second-order valence-corrected chi connectivity index (χ2v) is 8.55. The molecule has 1 fully saturated rings. The summed E-state index contributed by atoms with van der Waals surface area (Å²) in [7, 11) is -0.703. The Balaban J connectivity index is 1.57. The number of nitrogens with one attached hydrogen (secondary N) is 2.